The van der Waals surface area contributed by atoms with Crippen LogP contribution in [0.2, 0.25) is 5.02 Å². The van der Waals surface area contributed by atoms with Gasteiger partial charge in [0.15, 0.2) is 0 Å². The van der Waals surface area contributed by atoms with Gasteiger partial charge in [0.2, 0.25) is 5.91 Å². The molecule has 0 unspecified atom stereocenters. The Kier molecular flexibility index (Phi) is 4.95. The molecule has 0 aliphatic heterocycles. The fourth-order valence-corrected chi connectivity index (χ4v) is 2.92. The number of hydrogen-bond donors (Lipinski definition) is 1. The summed E-state index contributed by atoms with van der Waals surface area (Å²) >= 11 is 6.04. The first-order valence-electron chi connectivity index (χ1n) is 7.95. The molecular weight excluding hydrogens is 326 g/mol. The predicted molar refractivity (Wildman–Crippen MR) is 93.9 cm³/mol. The maximum absolute atomic E-state index is 12.5. The van der Waals surface area contributed by atoms with Crippen LogP contribution in [-0.2, 0) is 10.2 Å². The topological polar surface area (TPSA) is 47.6 Å². The van der Waals surface area contributed by atoms with Crippen molar-refractivity contribution in [3.63, 3.8) is 0 Å². The van der Waals surface area contributed by atoms with Crippen molar-refractivity contribution in [3.05, 3.63) is 59.1 Å². The van der Waals surface area contributed by atoms with Crippen LogP contribution in [0.3, 0.4) is 0 Å². The maximum atomic E-state index is 12.5. The molecule has 1 N–H and O–H groups in total. The van der Waals surface area contributed by atoms with Crippen molar-refractivity contribution < 1.29 is 14.3 Å². The summed E-state index contributed by atoms with van der Waals surface area (Å²) in [7, 11) is 1.62. The molecule has 1 fully saturated rings. The van der Waals surface area contributed by atoms with Crippen LogP contribution in [0.4, 0.5) is 0 Å². The third-order valence-corrected chi connectivity index (χ3v) is 4.51. The third kappa shape index (κ3) is 3.65. The van der Waals surface area contributed by atoms with Crippen molar-refractivity contribution in [2.75, 3.05) is 20.3 Å². The van der Waals surface area contributed by atoms with Gasteiger partial charge in [0.1, 0.15) is 18.1 Å². The van der Waals surface area contributed by atoms with Crippen LogP contribution in [0.1, 0.15) is 18.4 Å². The number of nitrogens with one attached hydrogen (secondary N) is 1. The molecule has 0 heterocycles. The highest BCUT2D eigenvalue weighted by molar-refractivity contribution is 6.30. The summed E-state index contributed by atoms with van der Waals surface area (Å²) in [5.74, 6) is 1.58. The highest BCUT2D eigenvalue weighted by Gasteiger charge is 2.51. The Labute approximate surface area is 146 Å². The van der Waals surface area contributed by atoms with Gasteiger partial charge in [-0.1, -0.05) is 23.7 Å². The summed E-state index contributed by atoms with van der Waals surface area (Å²) in [6, 6.07) is 14.9. The Morgan fingerprint density at radius 2 is 1.88 bits per heavy atom. The molecule has 0 atom stereocenters. The molecule has 1 aliphatic rings. The zero-order chi connectivity index (χ0) is 17.0. The molecule has 3 rings (SSSR count). The first kappa shape index (κ1) is 16.7. The lowest BCUT2D eigenvalue weighted by Gasteiger charge is -2.16. The van der Waals surface area contributed by atoms with Crippen molar-refractivity contribution in [3.8, 4) is 11.5 Å². The standard InChI is InChI=1S/C19H20ClNO3/c1-23-16-5-7-17(8-6-16)24-12-11-21-18(22)19(9-10-19)14-3-2-4-15(20)13-14/h2-8,13H,9-12H2,1H3,(H,21,22). The number of halogens is 1. The normalized spacial score (nSPS) is 14.8. The minimum atomic E-state index is -0.412. The molecule has 0 spiro atoms. The van der Waals surface area contributed by atoms with E-state index in [2.05, 4.69) is 5.32 Å². The van der Waals surface area contributed by atoms with Crippen LogP contribution in [0, 0.1) is 0 Å². The van der Waals surface area contributed by atoms with E-state index < -0.39 is 5.41 Å². The van der Waals surface area contributed by atoms with Gasteiger partial charge < -0.3 is 14.8 Å². The zero-order valence-electron chi connectivity index (χ0n) is 13.5. The summed E-state index contributed by atoms with van der Waals surface area (Å²) in [4.78, 5) is 12.5. The number of ether oxygens (including phenoxy) is 2. The van der Waals surface area contributed by atoms with Crippen molar-refractivity contribution in [2.24, 2.45) is 0 Å². The number of hydrogen-bond acceptors (Lipinski definition) is 3. The Balaban J connectivity index is 1.49. The smallest absolute Gasteiger partial charge is 0.230 e. The van der Waals surface area contributed by atoms with Crippen LogP contribution in [0.25, 0.3) is 0 Å². The van der Waals surface area contributed by atoms with E-state index in [1.165, 1.54) is 0 Å². The first-order chi connectivity index (χ1) is 11.6. The number of methoxy groups -OCH3 is 1. The maximum Gasteiger partial charge on any atom is 0.230 e. The Bertz CT molecular complexity index is 711. The molecule has 0 aromatic heterocycles. The molecule has 0 radical (unpaired) electrons. The summed E-state index contributed by atoms with van der Waals surface area (Å²) in [5, 5.41) is 3.63. The second-order valence-electron chi connectivity index (χ2n) is 5.87. The van der Waals surface area contributed by atoms with Crippen molar-refractivity contribution in [2.45, 2.75) is 18.3 Å². The SMILES string of the molecule is COc1ccc(OCCNC(=O)C2(c3cccc(Cl)c3)CC2)cc1. The molecule has 0 bridgehead atoms. The van der Waals surface area contributed by atoms with Crippen LogP contribution in [0.5, 0.6) is 11.5 Å². The average Bonchev–Trinajstić information content (AvgIpc) is 3.41. The summed E-state index contributed by atoms with van der Waals surface area (Å²) < 4.78 is 10.7. The molecule has 5 heteroatoms. The molecule has 2 aromatic rings. The summed E-state index contributed by atoms with van der Waals surface area (Å²) in [5.41, 5.74) is 0.578. The molecule has 1 aliphatic carbocycles. The van der Waals surface area contributed by atoms with Gasteiger partial charge in [-0.15, -0.1) is 0 Å². The Hall–Kier alpha value is -2.20. The lowest BCUT2D eigenvalue weighted by atomic mass is 9.95. The molecule has 2 aromatic carbocycles. The summed E-state index contributed by atoms with van der Waals surface area (Å²) in [6.07, 6.45) is 1.72. The van der Waals surface area contributed by atoms with E-state index in [0.29, 0.717) is 18.2 Å². The number of amides is 1. The second-order valence-corrected chi connectivity index (χ2v) is 6.31. The fraction of sp³-hybridized carbons (Fsp3) is 0.316. The van der Waals surface area contributed by atoms with Crippen LogP contribution in [0.15, 0.2) is 48.5 Å². The molecule has 24 heavy (non-hydrogen) atoms. The van der Waals surface area contributed by atoms with Gasteiger partial charge in [-0.3, -0.25) is 4.79 Å². The van der Waals surface area contributed by atoms with Gasteiger partial charge in [-0.25, -0.2) is 0 Å². The molecule has 4 nitrogen and oxygen atoms in total. The predicted octanol–water partition coefficient (Wildman–Crippen LogP) is 3.58. The van der Waals surface area contributed by atoms with E-state index in [-0.39, 0.29) is 5.91 Å². The van der Waals surface area contributed by atoms with E-state index in [9.17, 15) is 4.79 Å². The van der Waals surface area contributed by atoms with Crippen molar-refractivity contribution in [1.29, 1.82) is 0 Å². The molecule has 126 valence electrons. The Morgan fingerprint density at radius 1 is 1.17 bits per heavy atom. The highest BCUT2D eigenvalue weighted by Crippen LogP contribution is 2.48. The second kappa shape index (κ2) is 7.14. The van der Waals surface area contributed by atoms with Gasteiger partial charge in [0.05, 0.1) is 19.1 Å². The van der Waals surface area contributed by atoms with Crippen molar-refractivity contribution >= 4 is 17.5 Å². The summed E-state index contributed by atoms with van der Waals surface area (Å²) in [6.45, 7) is 0.886. The molecule has 1 saturated carbocycles. The number of rotatable bonds is 7. The lowest BCUT2D eigenvalue weighted by Crippen LogP contribution is -2.37. The van der Waals surface area contributed by atoms with E-state index in [1.54, 1.807) is 7.11 Å². The van der Waals surface area contributed by atoms with Gasteiger partial charge in [0.25, 0.3) is 0 Å². The van der Waals surface area contributed by atoms with Crippen LogP contribution < -0.4 is 14.8 Å². The van der Waals surface area contributed by atoms with E-state index in [1.807, 2.05) is 48.5 Å². The number of benzene rings is 2. The van der Waals surface area contributed by atoms with Gasteiger partial charge in [-0.2, -0.15) is 0 Å². The fourth-order valence-electron chi connectivity index (χ4n) is 2.73. The number of carbonyl (C=O) groups excluding carboxylic acids is 1. The van der Waals surface area contributed by atoms with E-state index >= 15 is 0 Å². The van der Waals surface area contributed by atoms with E-state index in [0.717, 1.165) is 29.9 Å². The first-order valence-corrected chi connectivity index (χ1v) is 8.33. The van der Waals surface area contributed by atoms with Crippen LogP contribution >= 0.6 is 11.6 Å². The van der Waals surface area contributed by atoms with Crippen molar-refractivity contribution in [1.82, 2.24) is 5.32 Å². The quantitative estimate of drug-likeness (QED) is 0.780. The lowest BCUT2D eigenvalue weighted by molar-refractivity contribution is -0.123. The third-order valence-electron chi connectivity index (χ3n) is 4.28. The monoisotopic (exact) mass is 345 g/mol. The molecule has 0 saturated heterocycles. The van der Waals surface area contributed by atoms with Gasteiger partial charge >= 0.3 is 0 Å². The van der Waals surface area contributed by atoms with Gasteiger partial charge in [-0.05, 0) is 54.8 Å². The highest BCUT2D eigenvalue weighted by atomic mass is 35.5. The minimum Gasteiger partial charge on any atom is -0.497 e. The Morgan fingerprint density at radius 3 is 2.50 bits per heavy atom. The minimum absolute atomic E-state index is 0.0445. The van der Waals surface area contributed by atoms with E-state index in [4.69, 9.17) is 21.1 Å². The largest absolute Gasteiger partial charge is 0.497 e. The number of carbonyl (C=O) groups is 1. The van der Waals surface area contributed by atoms with Crippen LogP contribution in [-0.4, -0.2) is 26.2 Å². The average molecular weight is 346 g/mol. The zero-order valence-corrected chi connectivity index (χ0v) is 14.3. The molecule has 1 amide bonds. The van der Waals surface area contributed by atoms with Gasteiger partial charge in [0, 0.05) is 5.02 Å². The molecular formula is C19H20ClNO3.